The molecule has 16 heavy (non-hydrogen) atoms. The summed E-state index contributed by atoms with van der Waals surface area (Å²) in [4.78, 5) is 0. The predicted molar refractivity (Wildman–Crippen MR) is 66.4 cm³/mol. The Bertz CT molecular complexity index is 509. The summed E-state index contributed by atoms with van der Waals surface area (Å²) >= 11 is 6.10. The highest BCUT2D eigenvalue weighted by atomic mass is 35.5. The van der Waals surface area contributed by atoms with Crippen LogP contribution in [-0.2, 0) is 6.54 Å². The zero-order valence-electron chi connectivity index (χ0n) is 8.73. The number of hydrogen-bond donors (Lipinski definition) is 3. The van der Waals surface area contributed by atoms with E-state index in [0.29, 0.717) is 17.3 Å². The van der Waals surface area contributed by atoms with E-state index in [1.165, 1.54) is 0 Å². The highest BCUT2D eigenvalue weighted by molar-refractivity contribution is 6.36. The largest absolute Gasteiger partial charge is 0.398 e. The van der Waals surface area contributed by atoms with Crippen molar-refractivity contribution in [2.45, 2.75) is 12.6 Å². The Morgan fingerprint density at radius 1 is 1.44 bits per heavy atom. The average Bonchev–Trinajstić information content (AvgIpc) is 2.57. The number of aliphatic hydroxyl groups excluding tert-OH is 1. The summed E-state index contributed by atoms with van der Waals surface area (Å²) in [5, 5.41) is 11.0. The van der Waals surface area contributed by atoms with Crippen molar-refractivity contribution in [3.8, 4) is 0 Å². The first-order valence-corrected chi connectivity index (χ1v) is 5.42. The Morgan fingerprint density at radius 3 is 2.88 bits per heavy atom. The van der Waals surface area contributed by atoms with Crippen LogP contribution in [0.15, 0.2) is 24.4 Å². The van der Waals surface area contributed by atoms with Crippen LogP contribution in [0.3, 0.4) is 0 Å². The molecular formula is C11H14ClN3O. The number of anilines is 1. The topological polar surface area (TPSA) is 77.2 Å². The monoisotopic (exact) mass is 239 g/mol. The molecule has 86 valence electrons. The lowest BCUT2D eigenvalue weighted by Gasteiger charge is -2.10. The minimum atomic E-state index is -0.576. The van der Waals surface area contributed by atoms with E-state index in [1.54, 1.807) is 12.3 Å². The van der Waals surface area contributed by atoms with Crippen LogP contribution in [0.5, 0.6) is 0 Å². The molecule has 0 radical (unpaired) electrons. The molecule has 5 N–H and O–H groups in total. The maximum Gasteiger partial charge on any atom is 0.0841 e. The van der Waals surface area contributed by atoms with Gasteiger partial charge in [-0.05, 0) is 12.1 Å². The van der Waals surface area contributed by atoms with Gasteiger partial charge in [0.25, 0.3) is 0 Å². The number of hydrogen-bond acceptors (Lipinski definition) is 3. The van der Waals surface area contributed by atoms with Crippen molar-refractivity contribution in [1.82, 2.24) is 4.57 Å². The summed E-state index contributed by atoms with van der Waals surface area (Å²) in [6.07, 6.45) is 1.19. The molecule has 1 unspecified atom stereocenters. The van der Waals surface area contributed by atoms with Crippen LogP contribution in [0.25, 0.3) is 10.9 Å². The Kier molecular flexibility index (Phi) is 3.05. The minimum absolute atomic E-state index is 0.222. The van der Waals surface area contributed by atoms with Crippen molar-refractivity contribution in [3.63, 3.8) is 0 Å². The fourth-order valence-corrected chi connectivity index (χ4v) is 2.10. The van der Waals surface area contributed by atoms with Crippen LogP contribution in [0.4, 0.5) is 5.69 Å². The molecular weight excluding hydrogens is 226 g/mol. The van der Waals surface area contributed by atoms with Crippen molar-refractivity contribution < 1.29 is 5.11 Å². The van der Waals surface area contributed by atoms with Crippen molar-refractivity contribution in [2.75, 3.05) is 12.3 Å². The molecule has 1 aromatic carbocycles. The Morgan fingerprint density at radius 2 is 2.19 bits per heavy atom. The van der Waals surface area contributed by atoms with Crippen molar-refractivity contribution in [2.24, 2.45) is 5.73 Å². The second-order valence-corrected chi connectivity index (χ2v) is 4.17. The third-order valence-corrected chi connectivity index (χ3v) is 2.86. The van der Waals surface area contributed by atoms with Gasteiger partial charge >= 0.3 is 0 Å². The van der Waals surface area contributed by atoms with E-state index in [4.69, 9.17) is 23.1 Å². The standard InChI is InChI=1S/C11H14ClN3O/c12-8-6-15(5-7(16)4-13)10-3-1-2-9(14)11(8)10/h1-3,6-7,16H,4-5,13-14H2. The van der Waals surface area contributed by atoms with Crippen LogP contribution in [-0.4, -0.2) is 22.3 Å². The summed E-state index contributed by atoms with van der Waals surface area (Å²) in [5.74, 6) is 0. The molecule has 0 bridgehead atoms. The van der Waals surface area contributed by atoms with Gasteiger partial charge in [0.05, 0.1) is 16.6 Å². The molecule has 1 aromatic heterocycles. The zero-order valence-corrected chi connectivity index (χ0v) is 9.48. The van der Waals surface area contributed by atoms with Gasteiger partial charge in [0, 0.05) is 30.4 Å². The Balaban J connectivity index is 2.51. The SMILES string of the molecule is NCC(O)Cn1cc(Cl)c2c(N)cccc21. The molecule has 0 fully saturated rings. The number of rotatable bonds is 3. The number of nitrogens with two attached hydrogens (primary N) is 2. The summed E-state index contributed by atoms with van der Waals surface area (Å²) in [7, 11) is 0. The van der Waals surface area contributed by atoms with Gasteiger partial charge in [-0.3, -0.25) is 0 Å². The second kappa shape index (κ2) is 4.33. The third kappa shape index (κ3) is 1.87. The number of halogens is 1. The maximum atomic E-state index is 9.53. The maximum absolute atomic E-state index is 9.53. The minimum Gasteiger partial charge on any atom is -0.398 e. The fourth-order valence-electron chi connectivity index (χ4n) is 1.78. The quantitative estimate of drug-likeness (QED) is 0.705. The van der Waals surface area contributed by atoms with Gasteiger partial charge in [-0.2, -0.15) is 0 Å². The average molecular weight is 240 g/mol. The number of aromatic nitrogens is 1. The lowest BCUT2D eigenvalue weighted by Crippen LogP contribution is -2.24. The van der Waals surface area contributed by atoms with E-state index in [0.717, 1.165) is 10.9 Å². The van der Waals surface area contributed by atoms with Gasteiger partial charge in [0.1, 0.15) is 0 Å². The lowest BCUT2D eigenvalue weighted by atomic mass is 10.2. The van der Waals surface area contributed by atoms with E-state index in [-0.39, 0.29) is 6.54 Å². The first-order chi connectivity index (χ1) is 7.63. The second-order valence-electron chi connectivity index (χ2n) is 3.76. The predicted octanol–water partition coefficient (Wildman–Crippen LogP) is 1.20. The molecule has 0 spiro atoms. The van der Waals surface area contributed by atoms with Crippen LogP contribution < -0.4 is 11.5 Å². The first kappa shape index (κ1) is 11.3. The van der Waals surface area contributed by atoms with Crippen LogP contribution in [0, 0.1) is 0 Å². The molecule has 0 amide bonds. The molecule has 5 heteroatoms. The number of nitrogen functional groups attached to an aromatic ring is 1. The van der Waals surface area contributed by atoms with Gasteiger partial charge in [-0.25, -0.2) is 0 Å². The van der Waals surface area contributed by atoms with E-state index in [1.807, 2.05) is 16.7 Å². The highest BCUT2D eigenvalue weighted by Gasteiger charge is 2.11. The molecule has 2 aromatic rings. The molecule has 0 saturated carbocycles. The van der Waals surface area contributed by atoms with Crippen molar-refractivity contribution in [3.05, 3.63) is 29.4 Å². The smallest absolute Gasteiger partial charge is 0.0841 e. The van der Waals surface area contributed by atoms with Gasteiger partial charge in [-0.1, -0.05) is 17.7 Å². The highest BCUT2D eigenvalue weighted by Crippen LogP contribution is 2.30. The Hall–Kier alpha value is -1.23. The fraction of sp³-hybridized carbons (Fsp3) is 0.273. The zero-order chi connectivity index (χ0) is 11.7. The van der Waals surface area contributed by atoms with E-state index >= 15 is 0 Å². The molecule has 4 nitrogen and oxygen atoms in total. The van der Waals surface area contributed by atoms with Crippen molar-refractivity contribution >= 4 is 28.2 Å². The number of aliphatic hydroxyl groups is 1. The molecule has 1 heterocycles. The molecule has 2 rings (SSSR count). The molecule has 0 aliphatic heterocycles. The summed E-state index contributed by atoms with van der Waals surface area (Å²) in [5.41, 5.74) is 12.8. The van der Waals surface area contributed by atoms with Gasteiger partial charge in [0.15, 0.2) is 0 Å². The molecule has 0 aliphatic rings. The molecule has 0 aliphatic carbocycles. The summed E-state index contributed by atoms with van der Waals surface area (Å²) in [6.45, 7) is 0.642. The number of fused-ring (bicyclic) bond motifs is 1. The normalized spacial score (nSPS) is 13.2. The van der Waals surface area contributed by atoms with E-state index in [2.05, 4.69) is 0 Å². The van der Waals surface area contributed by atoms with Crippen LogP contribution in [0.2, 0.25) is 5.02 Å². The van der Waals surface area contributed by atoms with Crippen LogP contribution in [0.1, 0.15) is 0 Å². The van der Waals surface area contributed by atoms with E-state index in [9.17, 15) is 5.11 Å². The van der Waals surface area contributed by atoms with Crippen LogP contribution >= 0.6 is 11.6 Å². The third-order valence-electron chi connectivity index (χ3n) is 2.57. The summed E-state index contributed by atoms with van der Waals surface area (Å²) < 4.78 is 1.87. The lowest BCUT2D eigenvalue weighted by molar-refractivity contribution is 0.164. The van der Waals surface area contributed by atoms with Crippen molar-refractivity contribution in [1.29, 1.82) is 0 Å². The first-order valence-electron chi connectivity index (χ1n) is 5.04. The molecule has 0 saturated heterocycles. The van der Waals surface area contributed by atoms with Gasteiger partial charge < -0.3 is 21.1 Å². The van der Waals surface area contributed by atoms with Gasteiger partial charge in [-0.15, -0.1) is 0 Å². The number of benzene rings is 1. The Labute approximate surface area is 98.4 Å². The number of nitrogens with zero attached hydrogens (tertiary/aromatic N) is 1. The summed E-state index contributed by atoms with van der Waals surface area (Å²) in [6, 6.07) is 5.58. The molecule has 1 atom stereocenters. The van der Waals surface area contributed by atoms with Gasteiger partial charge in [0.2, 0.25) is 0 Å². The van der Waals surface area contributed by atoms with E-state index < -0.39 is 6.10 Å².